The van der Waals surface area contributed by atoms with Gasteiger partial charge >= 0.3 is 0 Å². The Morgan fingerprint density at radius 2 is 2.21 bits per heavy atom. The fraction of sp³-hybridized carbons (Fsp3) is 0.100. The van der Waals surface area contributed by atoms with E-state index in [0.29, 0.717) is 0 Å². The van der Waals surface area contributed by atoms with Crippen LogP contribution in [0.3, 0.4) is 0 Å². The standard InChI is InChI=1S/C10H5F2NS/c11-8-5-6(1-3-13)9(12)10-7(8)2-4-14-10/h2,4-5H,1H2. The molecule has 70 valence electrons. The maximum Gasteiger partial charge on any atom is 0.145 e. The number of fused-ring (bicyclic) bond motifs is 1. The second kappa shape index (κ2) is 3.35. The summed E-state index contributed by atoms with van der Waals surface area (Å²) in [5, 5.41) is 10.3. The summed E-state index contributed by atoms with van der Waals surface area (Å²) < 4.78 is 27.2. The fourth-order valence-electron chi connectivity index (χ4n) is 1.32. The van der Waals surface area contributed by atoms with Crippen LogP contribution in [0.5, 0.6) is 0 Å². The number of hydrogen-bond acceptors (Lipinski definition) is 2. The Balaban J connectivity index is 2.76. The molecule has 0 amide bonds. The van der Waals surface area contributed by atoms with E-state index < -0.39 is 11.6 Å². The van der Waals surface area contributed by atoms with Crippen molar-refractivity contribution in [2.75, 3.05) is 0 Å². The zero-order valence-electron chi connectivity index (χ0n) is 7.05. The Labute approximate surface area is 83.2 Å². The largest absolute Gasteiger partial charge is 0.206 e. The van der Waals surface area contributed by atoms with E-state index in [1.54, 1.807) is 11.4 Å². The van der Waals surface area contributed by atoms with E-state index in [9.17, 15) is 8.78 Å². The number of hydrogen-bond donors (Lipinski definition) is 0. The number of rotatable bonds is 1. The average Bonchev–Trinajstić information content (AvgIpc) is 2.63. The molecule has 2 rings (SSSR count). The highest BCUT2D eigenvalue weighted by molar-refractivity contribution is 7.17. The quantitative estimate of drug-likeness (QED) is 0.707. The minimum Gasteiger partial charge on any atom is -0.206 e. The summed E-state index contributed by atoms with van der Waals surface area (Å²) in [4.78, 5) is 0. The number of nitriles is 1. The first-order valence-electron chi connectivity index (χ1n) is 3.95. The van der Waals surface area contributed by atoms with E-state index >= 15 is 0 Å². The van der Waals surface area contributed by atoms with E-state index in [1.165, 1.54) is 6.07 Å². The lowest BCUT2D eigenvalue weighted by atomic mass is 10.1. The molecule has 0 spiro atoms. The van der Waals surface area contributed by atoms with E-state index in [0.717, 1.165) is 17.4 Å². The van der Waals surface area contributed by atoms with Crippen molar-refractivity contribution in [1.82, 2.24) is 0 Å². The second-order valence-corrected chi connectivity index (χ2v) is 3.75. The van der Waals surface area contributed by atoms with Crippen molar-refractivity contribution in [2.45, 2.75) is 6.42 Å². The lowest BCUT2D eigenvalue weighted by Crippen LogP contribution is -1.91. The van der Waals surface area contributed by atoms with E-state index in [-0.39, 0.29) is 22.1 Å². The maximum absolute atomic E-state index is 13.6. The summed E-state index contributed by atoms with van der Waals surface area (Å²) in [6, 6.07) is 4.43. The summed E-state index contributed by atoms with van der Waals surface area (Å²) in [5.41, 5.74) is 0.125. The van der Waals surface area contributed by atoms with Crippen LogP contribution in [0.2, 0.25) is 0 Å². The first-order valence-corrected chi connectivity index (χ1v) is 4.83. The molecule has 1 heterocycles. The summed E-state index contributed by atoms with van der Waals surface area (Å²) in [6.45, 7) is 0. The first kappa shape index (κ1) is 9.10. The molecule has 1 aromatic carbocycles. The van der Waals surface area contributed by atoms with E-state index in [1.807, 2.05) is 0 Å². The van der Waals surface area contributed by atoms with Gasteiger partial charge in [0.1, 0.15) is 11.6 Å². The average molecular weight is 209 g/mol. The van der Waals surface area contributed by atoms with Crippen molar-refractivity contribution in [3.63, 3.8) is 0 Å². The third kappa shape index (κ3) is 1.26. The van der Waals surface area contributed by atoms with Gasteiger partial charge in [-0.3, -0.25) is 0 Å². The monoisotopic (exact) mass is 209 g/mol. The van der Waals surface area contributed by atoms with Gasteiger partial charge in [-0.1, -0.05) is 0 Å². The normalized spacial score (nSPS) is 10.4. The van der Waals surface area contributed by atoms with Gasteiger partial charge < -0.3 is 0 Å². The molecule has 0 atom stereocenters. The zero-order chi connectivity index (χ0) is 10.1. The summed E-state index contributed by atoms with van der Waals surface area (Å²) >= 11 is 1.14. The molecule has 0 aliphatic heterocycles. The third-order valence-corrected chi connectivity index (χ3v) is 2.88. The Hall–Kier alpha value is -1.47. The van der Waals surface area contributed by atoms with Crippen LogP contribution in [-0.2, 0) is 6.42 Å². The maximum atomic E-state index is 13.6. The van der Waals surface area contributed by atoms with Crippen LogP contribution in [0.25, 0.3) is 10.1 Å². The van der Waals surface area contributed by atoms with Gasteiger partial charge in [-0.15, -0.1) is 11.3 Å². The molecule has 0 saturated heterocycles. The molecule has 14 heavy (non-hydrogen) atoms. The molecule has 0 radical (unpaired) electrons. The van der Waals surface area contributed by atoms with Crippen LogP contribution in [0.1, 0.15) is 5.56 Å². The second-order valence-electron chi connectivity index (χ2n) is 2.83. The van der Waals surface area contributed by atoms with Gasteiger partial charge in [-0.2, -0.15) is 5.26 Å². The zero-order valence-corrected chi connectivity index (χ0v) is 7.87. The highest BCUT2D eigenvalue weighted by Crippen LogP contribution is 2.28. The molecule has 0 aliphatic rings. The Bertz CT molecular complexity index is 525. The third-order valence-electron chi connectivity index (χ3n) is 1.97. The predicted molar refractivity (Wildman–Crippen MR) is 51.1 cm³/mol. The van der Waals surface area contributed by atoms with Gasteiger partial charge in [0.15, 0.2) is 0 Å². The van der Waals surface area contributed by atoms with Crippen LogP contribution in [0, 0.1) is 23.0 Å². The number of nitrogens with zero attached hydrogens (tertiary/aromatic N) is 1. The van der Waals surface area contributed by atoms with E-state index in [2.05, 4.69) is 0 Å². The van der Waals surface area contributed by atoms with Gasteiger partial charge in [0, 0.05) is 10.9 Å². The number of benzene rings is 1. The molecule has 0 bridgehead atoms. The topological polar surface area (TPSA) is 23.8 Å². The summed E-state index contributed by atoms with van der Waals surface area (Å²) in [7, 11) is 0. The van der Waals surface area contributed by atoms with Crippen molar-refractivity contribution < 1.29 is 8.78 Å². The van der Waals surface area contributed by atoms with Crippen LogP contribution in [-0.4, -0.2) is 0 Å². The van der Waals surface area contributed by atoms with Crippen LogP contribution in [0.15, 0.2) is 17.5 Å². The van der Waals surface area contributed by atoms with Crippen molar-refractivity contribution in [2.24, 2.45) is 0 Å². The highest BCUT2D eigenvalue weighted by atomic mass is 32.1. The minimum absolute atomic E-state index is 0.101. The van der Waals surface area contributed by atoms with Crippen molar-refractivity contribution in [1.29, 1.82) is 5.26 Å². The van der Waals surface area contributed by atoms with Crippen LogP contribution >= 0.6 is 11.3 Å². The summed E-state index contributed by atoms with van der Waals surface area (Å²) in [6.07, 6.45) is -0.101. The van der Waals surface area contributed by atoms with Crippen molar-refractivity contribution in [3.8, 4) is 6.07 Å². The van der Waals surface area contributed by atoms with E-state index in [4.69, 9.17) is 5.26 Å². The molecule has 1 nitrogen and oxygen atoms in total. The van der Waals surface area contributed by atoms with Crippen molar-refractivity contribution >= 4 is 21.4 Å². The molecule has 4 heteroatoms. The van der Waals surface area contributed by atoms with Gasteiger partial charge in [0.2, 0.25) is 0 Å². The molecular formula is C10H5F2NS. The van der Waals surface area contributed by atoms with Gasteiger partial charge in [-0.05, 0) is 17.5 Å². The minimum atomic E-state index is -0.474. The lowest BCUT2D eigenvalue weighted by Gasteiger charge is -2.00. The molecule has 0 N–H and O–H groups in total. The fourth-order valence-corrected chi connectivity index (χ4v) is 2.19. The smallest absolute Gasteiger partial charge is 0.145 e. The number of halogens is 2. The van der Waals surface area contributed by atoms with Gasteiger partial charge in [-0.25, -0.2) is 8.78 Å². The van der Waals surface area contributed by atoms with Gasteiger partial charge in [0.25, 0.3) is 0 Å². The molecule has 2 aromatic rings. The molecule has 0 unspecified atom stereocenters. The molecule has 0 aliphatic carbocycles. The lowest BCUT2D eigenvalue weighted by molar-refractivity contribution is 0.609. The van der Waals surface area contributed by atoms with Crippen molar-refractivity contribution in [3.05, 3.63) is 34.7 Å². The number of thiophene rings is 1. The Morgan fingerprint density at radius 3 is 2.93 bits per heavy atom. The Kier molecular flexibility index (Phi) is 2.18. The molecular weight excluding hydrogens is 204 g/mol. The molecule has 0 saturated carbocycles. The summed E-state index contributed by atoms with van der Waals surface area (Å²) in [5.74, 6) is -0.939. The molecule has 0 fully saturated rings. The predicted octanol–water partition coefficient (Wildman–Crippen LogP) is 3.25. The molecule has 1 aromatic heterocycles. The first-order chi connectivity index (χ1) is 6.74. The highest BCUT2D eigenvalue weighted by Gasteiger charge is 2.12. The van der Waals surface area contributed by atoms with Crippen LogP contribution < -0.4 is 0 Å². The Morgan fingerprint density at radius 1 is 1.43 bits per heavy atom. The SMILES string of the molecule is N#CCc1cc(F)c2ccsc2c1F. The van der Waals surface area contributed by atoms with Gasteiger partial charge in [0.05, 0.1) is 17.2 Å². The van der Waals surface area contributed by atoms with Crippen LogP contribution in [0.4, 0.5) is 8.78 Å².